The van der Waals surface area contributed by atoms with Crippen LogP contribution in [0.25, 0.3) is 0 Å². The average molecular weight is 154 g/mol. The number of hydrogen-bond acceptors (Lipinski definition) is 3. The van der Waals surface area contributed by atoms with Gasteiger partial charge in [-0.05, 0) is 0 Å². The molecule has 1 rings (SSSR count). The summed E-state index contributed by atoms with van der Waals surface area (Å²) in [6.45, 7) is 0. The normalized spacial score (nSPS) is 11.9. The van der Waals surface area contributed by atoms with E-state index >= 15 is 0 Å². The summed E-state index contributed by atoms with van der Waals surface area (Å²) >= 11 is 0.483. The minimum Gasteiger partial charge on any atom is -0.164 e. The minimum absolute atomic E-state index is 0.483. The SMILES string of the molecule is FC(F)(F)c1nncs1. The molecule has 0 radical (unpaired) electrons. The summed E-state index contributed by atoms with van der Waals surface area (Å²) in [6.07, 6.45) is -4.33. The van der Waals surface area contributed by atoms with Crippen molar-refractivity contribution in [2.45, 2.75) is 6.18 Å². The van der Waals surface area contributed by atoms with Crippen LogP contribution in [0.1, 0.15) is 5.01 Å². The van der Waals surface area contributed by atoms with Gasteiger partial charge in [0.25, 0.3) is 0 Å². The van der Waals surface area contributed by atoms with Crippen molar-refractivity contribution in [2.24, 2.45) is 0 Å². The van der Waals surface area contributed by atoms with Crippen molar-refractivity contribution in [3.05, 3.63) is 10.5 Å². The molecule has 0 fully saturated rings. The summed E-state index contributed by atoms with van der Waals surface area (Å²) in [7, 11) is 0. The van der Waals surface area contributed by atoms with Crippen LogP contribution in [-0.4, -0.2) is 10.2 Å². The van der Waals surface area contributed by atoms with Crippen LogP contribution in [0, 0.1) is 0 Å². The highest BCUT2D eigenvalue weighted by atomic mass is 32.1. The first-order valence-corrected chi connectivity index (χ1v) is 2.82. The molecule has 0 saturated heterocycles. The van der Waals surface area contributed by atoms with Gasteiger partial charge in [-0.1, -0.05) is 11.3 Å². The molecule has 0 unspecified atom stereocenters. The third kappa shape index (κ3) is 1.38. The number of alkyl halides is 3. The Kier molecular flexibility index (Phi) is 1.40. The van der Waals surface area contributed by atoms with Gasteiger partial charge >= 0.3 is 6.18 Å². The maximum absolute atomic E-state index is 11.5. The van der Waals surface area contributed by atoms with E-state index < -0.39 is 11.2 Å². The fraction of sp³-hybridized carbons (Fsp3) is 0.333. The Morgan fingerprint density at radius 1 is 1.44 bits per heavy atom. The summed E-state index contributed by atoms with van der Waals surface area (Å²) in [5, 5.41) is 4.97. The molecule has 0 amide bonds. The second-order valence-electron chi connectivity index (χ2n) is 1.24. The standard InChI is InChI=1S/C3HF3N2S/c4-3(5,6)2-8-7-1-9-2/h1H. The van der Waals surface area contributed by atoms with Gasteiger partial charge in [0.05, 0.1) is 0 Å². The Bertz CT molecular complexity index is 179. The largest absolute Gasteiger partial charge is 0.445 e. The van der Waals surface area contributed by atoms with E-state index in [2.05, 4.69) is 10.2 Å². The fourth-order valence-corrected chi connectivity index (χ4v) is 0.719. The summed E-state index contributed by atoms with van der Waals surface area (Å²) in [6, 6.07) is 0. The van der Waals surface area contributed by atoms with Crippen molar-refractivity contribution in [1.29, 1.82) is 0 Å². The molecule has 1 heterocycles. The van der Waals surface area contributed by atoms with Gasteiger partial charge in [0.2, 0.25) is 5.01 Å². The third-order valence-electron chi connectivity index (χ3n) is 0.603. The van der Waals surface area contributed by atoms with Crippen LogP contribution in [-0.2, 0) is 6.18 Å². The maximum Gasteiger partial charge on any atom is 0.445 e. The summed E-state index contributed by atoms with van der Waals surface area (Å²) in [5.41, 5.74) is 1.04. The van der Waals surface area contributed by atoms with Crippen LogP contribution >= 0.6 is 11.3 Å². The van der Waals surface area contributed by atoms with E-state index in [1.54, 1.807) is 0 Å². The molecule has 0 aliphatic carbocycles. The van der Waals surface area contributed by atoms with E-state index in [0.717, 1.165) is 5.51 Å². The molecule has 1 aromatic rings. The second kappa shape index (κ2) is 1.94. The minimum atomic E-state index is -4.33. The number of hydrogen-bond donors (Lipinski definition) is 0. The Hall–Kier alpha value is -0.650. The summed E-state index contributed by atoms with van der Waals surface area (Å²) in [5.74, 6) is 0. The predicted octanol–water partition coefficient (Wildman–Crippen LogP) is 1.56. The molecular weight excluding hydrogens is 153 g/mol. The van der Waals surface area contributed by atoms with Crippen LogP contribution in [0.2, 0.25) is 0 Å². The van der Waals surface area contributed by atoms with Crippen LogP contribution in [0.15, 0.2) is 5.51 Å². The molecule has 0 N–H and O–H groups in total. The zero-order chi connectivity index (χ0) is 6.91. The van der Waals surface area contributed by atoms with Crippen molar-refractivity contribution >= 4 is 11.3 Å². The number of halogens is 3. The third-order valence-corrected chi connectivity index (χ3v) is 1.34. The smallest absolute Gasteiger partial charge is 0.164 e. The quantitative estimate of drug-likeness (QED) is 0.566. The van der Waals surface area contributed by atoms with Gasteiger partial charge < -0.3 is 0 Å². The van der Waals surface area contributed by atoms with Crippen molar-refractivity contribution in [1.82, 2.24) is 10.2 Å². The van der Waals surface area contributed by atoms with E-state index in [9.17, 15) is 13.2 Å². The maximum atomic E-state index is 11.5. The lowest BCUT2D eigenvalue weighted by Gasteiger charge is -1.96. The molecule has 0 bridgehead atoms. The summed E-state index contributed by atoms with van der Waals surface area (Å²) in [4.78, 5) is 0. The highest BCUT2D eigenvalue weighted by molar-refractivity contribution is 7.09. The van der Waals surface area contributed by atoms with Gasteiger partial charge in [-0.25, -0.2) is 0 Å². The molecule has 0 aromatic carbocycles. The lowest BCUT2D eigenvalue weighted by Crippen LogP contribution is -2.03. The number of rotatable bonds is 0. The van der Waals surface area contributed by atoms with E-state index in [0.29, 0.717) is 11.3 Å². The van der Waals surface area contributed by atoms with E-state index in [1.165, 1.54) is 0 Å². The fourth-order valence-electron chi connectivity index (χ4n) is 0.297. The molecule has 0 saturated carbocycles. The van der Waals surface area contributed by atoms with Gasteiger partial charge in [0.15, 0.2) is 0 Å². The topological polar surface area (TPSA) is 25.8 Å². The molecule has 9 heavy (non-hydrogen) atoms. The Morgan fingerprint density at radius 3 is 2.33 bits per heavy atom. The van der Waals surface area contributed by atoms with Crippen LogP contribution < -0.4 is 0 Å². The molecule has 2 nitrogen and oxygen atoms in total. The van der Waals surface area contributed by atoms with Gasteiger partial charge in [-0.15, -0.1) is 10.2 Å². The van der Waals surface area contributed by atoms with Crippen molar-refractivity contribution < 1.29 is 13.2 Å². The Labute approximate surface area is 52.3 Å². The van der Waals surface area contributed by atoms with Crippen molar-refractivity contribution in [3.63, 3.8) is 0 Å². The molecule has 0 atom stereocenters. The Morgan fingerprint density at radius 2 is 2.11 bits per heavy atom. The van der Waals surface area contributed by atoms with Gasteiger partial charge in [-0.3, -0.25) is 0 Å². The Balaban J connectivity index is 2.90. The monoisotopic (exact) mass is 154 g/mol. The number of nitrogens with zero attached hydrogens (tertiary/aromatic N) is 2. The molecule has 0 spiro atoms. The first kappa shape index (κ1) is 6.47. The second-order valence-corrected chi connectivity index (χ2v) is 2.07. The van der Waals surface area contributed by atoms with Crippen molar-refractivity contribution in [3.8, 4) is 0 Å². The predicted molar refractivity (Wildman–Crippen MR) is 24.9 cm³/mol. The average Bonchev–Trinajstić information content (AvgIpc) is 2.08. The van der Waals surface area contributed by atoms with E-state index in [1.807, 2.05) is 0 Å². The lowest BCUT2D eigenvalue weighted by atomic mass is 10.7. The molecule has 50 valence electrons. The lowest BCUT2D eigenvalue weighted by molar-refractivity contribution is -0.138. The molecule has 6 heteroatoms. The summed E-state index contributed by atoms with van der Waals surface area (Å²) < 4.78 is 34.6. The highest BCUT2D eigenvalue weighted by Gasteiger charge is 2.34. The molecule has 0 aliphatic heterocycles. The van der Waals surface area contributed by atoms with Gasteiger partial charge in [-0.2, -0.15) is 13.2 Å². The first-order valence-electron chi connectivity index (χ1n) is 1.94. The molecular formula is C3HF3N2S. The van der Waals surface area contributed by atoms with Gasteiger partial charge in [0, 0.05) is 0 Å². The van der Waals surface area contributed by atoms with Gasteiger partial charge in [0.1, 0.15) is 5.51 Å². The van der Waals surface area contributed by atoms with E-state index in [-0.39, 0.29) is 0 Å². The van der Waals surface area contributed by atoms with E-state index in [4.69, 9.17) is 0 Å². The highest BCUT2D eigenvalue weighted by Crippen LogP contribution is 2.29. The first-order chi connectivity index (χ1) is 4.11. The molecule has 0 aliphatic rings. The number of aromatic nitrogens is 2. The molecule has 1 aromatic heterocycles. The van der Waals surface area contributed by atoms with Crippen molar-refractivity contribution in [2.75, 3.05) is 0 Å². The zero-order valence-corrected chi connectivity index (χ0v) is 4.83. The zero-order valence-electron chi connectivity index (χ0n) is 4.01. The van der Waals surface area contributed by atoms with Crippen LogP contribution in [0.4, 0.5) is 13.2 Å². The van der Waals surface area contributed by atoms with Crippen LogP contribution in [0.5, 0.6) is 0 Å². The van der Waals surface area contributed by atoms with Crippen LogP contribution in [0.3, 0.4) is 0 Å².